The zero-order valence-electron chi connectivity index (χ0n) is 17.7. The van der Waals surface area contributed by atoms with Crippen LogP contribution in [0.4, 0.5) is 5.82 Å². The molecule has 0 radical (unpaired) electrons. The van der Waals surface area contributed by atoms with Crippen LogP contribution in [0, 0.1) is 0 Å². The lowest BCUT2D eigenvalue weighted by atomic mass is 10.1. The van der Waals surface area contributed by atoms with Gasteiger partial charge < -0.3 is 19.4 Å². The van der Waals surface area contributed by atoms with E-state index in [1.165, 1.54) is 0 Å². The second-order valence-electron chi connectivity index (χ2n) is 7.69. The SMILES string of the molecule is COC[C@H]1CCCN1c1nccnc1Oc1ccc(C(=O)c2nc3ccccc3[nH]2)cc1. The third-order valence-electron chi connectivity index (χ3n) is 5.59. The fraction of sp³-hybridized carbons (Fsp3) is 0.250. The van der Waals surface area contributed by atoms with Crippen molar-refractivity contribution in [1.82, 2.24) is 19.9 Å². The molecule has 2 aromatic heterocycles. The van der Waals surface area contributed by atoms with Gasteiger partial charge >= 0.3 is 0 Å². The highest BCUT2D eigenvalue weighted by Gasteiger charge is 2.28. The van der Waals surface area contributed by atoms with Crippen molar-refractivity contribution in [2.45, 2.75) is 18.9 Å². The van der Waals surface area contributed by atoms with Gasteiger partial charge in [0.2, 0.25) is 5.78 Å². The Hall–Kier alpha value is -3.78. The Morgan fingerprint density at radius 3 is 2.75 bits per heavy atom. The molecule has 3 heterocycles. The predicted molar refractivity (Wildman–Crippen MR) is 120 cm³/mol. The summed E-state index contributed by atoms with van der Waals surface area (Å²) in [7, 11) is 1.71. The van der Waals surface area contributed by atoms with E-state index in [0.29, 0.717) is 35.4 Å². The van der Waals surface area contributed by atoms with E-state index < -0.39 is 0 Å². The maximum absolute atomic E-state index is 12.8. The number of nitrogens with one attached hydrogen (secondary N) is 1. The van der Waals surface area contributed by atoms with Crippen LogP contribution in [0.3, 0.4) is 0 Å². The maximum Gasteiger partial charge on any atom is 0.263 e. The van der Waals surface area contributed by atoms with Crippen LogP contribution in [-0.4, -0.2) is 52.0 Å². The van der Waals surface area contributed by atoms with Gasteiger partial charge in [-0.15, -0.1) is 0 Å². The van der Waals surface area contributed by atoms with Gasteiger partial charge in [-0.1, -0.05) is 12.1 Å². The van der Waals surface area contributed by atoms with Crippen molar-refractivity contribution in [3.63, 3.8) is 0 Å². The Morgan fingerprint density at radius 1 is 1.12 bits per heavy atom. The number of ether oxygens (including phenoxy) is 2. The average Bonchev–Trinajstić information content (AvgIpc) is 3.47. The number of fused-ring (bicyclic) bond motifs is 1. The van der Waals surface area contributed by atoms with E-state index in [0.717, 1.165) is 30.4 Å². The Morgan fingerprint density at radius 2 is 1.94 bits per heavy atom. The van der Waals surface area contributed by atoms with Gasteiger partial charge in [0.15, 0.2) is 11.6 Å². The standard InChI is InChI=1S/C24H23N5O3/c1-31-15-17-5-4-14-29(17)23-24(26-13-12-25-23)32-18-10-8-16(9-11-18)21(30)22-27-19-6-2-3-7-20(19)28-22/h2-3,6-13,17H,4-5,14-15H2,1H3,(H,27,28)/t17-/m1/s1. The van der Waals surface area contributed by atoms with E-state index in [9.17, 15) is 4.79 Å². The third-order valence-corrected chi connectivity index (χ3v) is 5.59. The summed E-state index contributed by atoms with van der Waals surface area (Å²) in [4.78, 5) is 31.4. The van der Waals surface area contributed by atoms with Gasteiger partial charge in [0.05, 0.1) is 23.7 Å². The smallest absolute Gasteiger partial charge is 0.263 e. The molecule has 32 heavy (non-hydrogen) atoms. The molecule has 8 heteroatoms. The van der Waals surface area contributed by atoms with Gasteiger partial charge in [0, 0.05) is 31.6 Å². The first-order valence-electron chi connectivity index (χ1n) is 10.6. The van der Waals surface area contributed by atoms with Gasteiger partial charge in [-0.3, -0.25) is 4.79 Å². The molecule has 1 atom stereocenters. The minimum Gasteiger partial charge on any atom is -0.436 e. The molecule has 1 saturated heterocycles. The minimum absolute atomic E-state index is 0.174. The molecule has 0 bridgehead atoms. The van der Waals surface area contributed by atoms with Crippen LogP contribution in [0.15, 0.2) is 60.9 Å². The summed E-state index contributed by atoms with van der Waals surface area (Å²) >= 11 is 0. The summed E-state index contributed by atoms with van der Waals surface area (Å²) in [6.45, 7) is 1.52. The first-order chi connectivity index (χ1) is 15.7. The van der Waals surface area contributed by atoms with Gasteiger partial charge in [0.25, 0.3) is 5.88 Å². The van der Waals surface area contributed by atoms with E-state index in [2.05, 4.69) is 24.8 Å². The molecule has 1 N–H and O–H groups in total. The number of benzene rings is 2. The molecular weight excluding hydrogens is 406 g/mol. The van der Waals surface area contributed by atoms with Gasteiger partial charge in [-0.05, 0) is 49.2 Å². The van der Waals surface area contributed by atoms with E-state index >= 15 is 0 Å². The number of methoxy groups -OCH3 is 1. The molecule has 162 valence electrons. The van der Waals surface area contributed by atoms with Crippen LogP contribution in [0.5, 0.6) is 11.6 Å². The summed E-state index contributed by atoms with van der Waals surface area (Å²) in [5.74, 6) is 1.86. The minimum atomic E-state index is -0.174. The number of para-hydroxylation sites is 2. The predicted octanol–water partition coefficient (Wildman–Crippen LogP) is 3.99. The maximum atomic E-state index is 12.8. The number of rotatable bonds is 7. The molecule has 1 aliphatic rings. The van der Waals surface area contributed by atoms with Gasteiger partial charge in [0.1, 0.15) is 5.75 Å². The Labute approximate surface area is 185 Å². The molecule has 0 spiro atoms. The molecule has 5 rings (SSSR count). The molecule has 1 aliphatic heterocycles. The van der Waals surface area contributed by atoms with Crippen LogP contribution >= 0.6 is 0 Å². The molecule has 0 amide bonds. The quantitative estimate of drug-likeness (QED) is 0.444. The van der Waals surface area contributed by atoms with E-state index in [-0.39, 0.29) is 11.8 Å². The lowest BCUT2D eigenvalue weighted by Gasteiger charge is -2.26. The highest BCUT2D eigenvalue weighted by atomic mass is 16.5. The van der Waals surface area contributed by atoms with Crippen molar-refractivity contribution >= 4 is 22.6 Å². The second-order valence-corrected chi connectivity index (χ2v) is 7.69. The Bertz CT molecular complexity index is 1200. The van der Waals surface area contributed by atoms with Crippen LogP contribution in [0.2, 0.25) is 0 Å². The molecule has 4 aromatic rings. The number of aromatic nitrogens is 4. The van der Waals surface area contributed by atoms with Crippen molar-refractivity contribution in [3.05, 3.63) is 72.3 Å². The van der Waals surface area contributed by atoms with E-state index in [1.807, 2.05) is 24.3 Å². The van der Waals surface area contributed by atoms with Crippen molar-refractivity contribution in [1.29, 1.82) is 0 Å². The number of carbonyl (C=O) groups is 1. The molecule has 8 nitrogen and oxygen atoms in total. The molecule has 0 saturated carbocycles. The van der Waals surface area contributed by atoms with Crippen molar-refractivity contribution in [3.8, 4) is 11.6 Å². The normalized spacial score (nSPS) is 15.9. The molecule has 2 aromatic carbocycles. The number of nitrogens with zero attached hydrogens (tertiary/aromatic N) is 4. The van der Waals surface area contributed by atoms with Crippen LogP contribution in [-0.2, 0) is 4.74 Å². The van der Waals surface area contributed by atoms with E-state index in [4.69, 9.17) is 9.47 Å². The molecule has 0 aliphatic carbocycles. The van der Waals surface area contributed by atoms with Crippen molar-refractivity contribution in [2.24, 2.45) is 0 Å². The van der Waals surface area contributed by atoms with Crippen LogP contribution in [0.25, 0.3) is 11.0 Å². The molecular formula is C24H23N5O3. The molecule has 0 unspecified atom stereocenters. The topological polar surface area (TPSA) is 93.2 Å². The zero-order chi connectivity index (χ0) is 21.9. The fourth-order valence-corrected chi connectivity index (χ4v) is 4.05. The van der Waals surface area contributed by atoms with Crippen molar-refractivity contribution < 1.29 is 14.3 Å². The Balaban J connectivity index is 1.35. The number of anilines is 1. The summed E-state index contributed by atoms with van der Waals surface area (Å²) < 4.78 is 11.4. The monoisotopic (exact) mass is 429 g/mol. The van der Waals surface area contributed by atoms with Gasteiger partial charge in [-0.25, -0.2) is 15.0 Å². The highest BCUT2D eigenvalue weighted by molar-refractivity contribution is 6.08. The number of hydrogen-bond donors (Lipinski definition) is 1. The summed E-state index contributed by atoms with van der Waals surface area (Å²) in [5, 5.41) is 0. The lowest BCUT2D eigenvalue weighted by molar-refractivity contribution is 0.103. The number of hydrogen-bond acceptors (Lipinski definition) is 7. The molecule has 1 fully saturated rings. The number of aromatic amines is 1. The third kappa shape index (κ3) is 3.92. The highest BCUT2D eigenvalue weighted by Crippen LogP contribution is 2.33. The summed E-state index contributed by atoms with van der Waals surface area (Å²) in [6.07, 6.45) is 5.39. The van der Waals surface area contributed by atoms with Crippen LogP contribution in [0.1, 0.15) is 29.0 Å². The van der Waals surface area contributed by atoms with Gasteiger partial charge in [-0.2, -0.15) is 0 Å². The number of imidazole rings is 1. The van der Waals surface area contributed by atoms with Crippen molar-refractivity contribution in [2.75, 3.05) is 25.2 Å². The zero-order valence-corrected chi connectivity index (χ0v) is 17.7. The largest absolute Gasteiger partial charge is 0.436 e. The number of H-pyrrole nitrogens is 1. The van der Waals surface area contributed by atoms with E-state index in [1.54, 1.807) is 43.8 Å². The first kappa shape index (κ1) is 20.1. The fourth-order valence-electron chi connectivity index (χ4n) is 4.05. The lowest BCUT2D eigenvalue weighted by Crippen LogP contribution is -2.33. The summed E-state index contributed by atoms with van der Waals surface area (Å²) in [5.41, 5.74) is 2.12. The average molecular weight is 429 g/mol. The first-order valence-corrected chi connectivity index (χ1v) is 10.6. The second kappa shape index (κ2) is 8.76. The summed E-state index contributed by atoms with van der Waals surface area (Å²) in [6, 6.07) is 14.8. The van der Waals surface area contributed by atoms with Crippen LogP contribution < -0.4 is 9.64 Å². The number of ketones is 1. The Kier molecular flexibility index (Phi) is 5.51. The number of carbonyl (C=O) groups excluding carboxylic acids is 1.